The van der Waals surface area contributed by atoms with E-state index in [1.807, 2.05) is 24.3 Å². The zero-order chi connectivity index (χ0) is 16.9. The predicted molar refractivity (Wildman–Crippen MR) is 89.7 cm³/mol. The van der Waals surface area contributed by atoms with E-state index in [9.17, 15) is 4.79 Å². The van der Waals surface area contributed by atoms with Gasteiger partial charge in [-0.25, -0.2) is 0 Å². The van der Waals surface area contributed by atoms with Gasteiger partial charge >= 0.3 is 0 Å². The highest BCUT2D eigenvalue weighted by atomic mass is 32.2. The van der Waals surface area contributed by atoms with E-state index in [0.29, 0.717) is 16.7 Å². The SMILES string of the molecule is CCc1ccc(NC(=O)CSc2nnc(-c3cc(C)on3)o2)cc1. The van der Waals surface area contributed by atoms with E-state index in [1.165, 1.54) is 17.3 Å². The van der Waals surface area contributed by atoms with E-state index >= 15 is 0 Å². The van der Waals surface area contributed by atoms with Gasteiger partial charge in [-0.3, -0.25) is 4.79 Å². The van der Waals surface area contributed by atoms with Crippen molar-refractivity contribution in [3.63, 3.8) is 0 Å². The number of hydrogen-bond acceptors (Lipinski definition) is 7. The molecule has 0 aliphatic carbocycles. The Morgan fingerprint density at radius 3 is 2.71 bits per heavy atom. The molecular formula is C16H16N4O3S. The summed E-state index contributed by atoms with van der Waals surface area (Å²) in [5.74, 6) is 0.965. The summed E-state index contributed by atoms with van der Waals surface area (Å²) < 4.78 is 10.4. The molecule has 24 heavy (non-hydrogen) atoms. The van der Waals surface area contributed by atoms with Crippen molar-refractivity contribution in [2.75, 3.05) is 11.1 Å². The number of aryl methyl sites for hydroxylation is 2. The van der Waals surface area contributed by atoms with E-state index < -0.39 is 0 Å². The maximum absolute atomic E-state index is 12.0. The second-order valence-corrected chi connectivity index (χ2v) is 6.01. The molecule has 0 aliphatic heterocycles. The van der Waals surface area contributed by atoms with Gasteiger partial charge < -0.3 is 14.3 Å². The number of rotatable bonds is 6. The number of nitrogens with one attached hydrogen (secondary N) is 1. The minimum atomic E-state index is -0.138. The van der Waals surface area contributed by atoms with Crippen LogP contribution in [-0.2, 0) is 11.2 Å². The Labute approximate surface area is 142 Å². The number of carbonyl (C=O) groups excluding carboxylic acids is 1. The van der Waals surface area contributed by atoms with Crippen LogP contribution in [-0.4, -0.2) is 27.0 Å². The van der Waals surface area contributed by atoms with Gasteiger partial charge in [-0.15, -0.1) is 10.2 Å². The predicted octanol–water partition coefficient (Wildman–Crippen LogP) is 3.33. The highest BCUT2D eigenvalue weighted by Gasteiger charge is 2.14. The van der Waals surface area contributed by atoms with Gasteiger partial charge in [0.25, 0.3) is 11.1 Å². The monoisotopic (exact) mass is 344 g/mol. The van der Waals surface area contributed by atoms with Crippen molar-refractivity contribution in [2.45, 2.75) is 25.5 Å². The molecular weight excluding hydrogens is 328 g/mol. The molecule has 0 spiro atoms. The molecule has 3 rings (SSSR count). The van der Waals surface area contributed by atoms with Crippen LogP contribution in [0.2, 0.25) is 0 Å². The lowest BCUT2D eigenvalue weighted by molar-refractivity contribution is -0.113. The van der Waals surface area contributed by atoms with Crippen LogP contribution >= 0.6 is 11.8 Å². The Bertz CT molecular complexity index is 826. The maximum atomic E-state index is 12.0. The molecule has 3 aromatic rings. The lowest BCUT2D eigenvalue weighted by atomic mass is 10.1. The molecule has 1 N–H and O–H groups in total. The third-order valence-electron chi connectivity index (χ3n) is 3.23. The lowest BCUT2D eigenvalue weighted by Crippen LogP contribution is -2.13. The lowest BCUT2D eigenvalue weighted by Gasteiger charge is -2.04. The molecule has 124 valence electrons. The Morgan fingerprint density at radius 2 is 2.04 bits per heavy atom. The first-order chi connectivity index (χ1) is 11.6. The van der Waals surface area contributed by atoms with Gasteiger partial charge in [-0.1, -0.05) is 36.0 Å². The molecule has 0 bridgehead atoms. The maximum Gasteiger partial charge on any atom is 0.277 e. The highest BCUT2D eigenvalue weighted by molar-refractivity contribution is 7.99. The highest BCUT2D eigenvalue weighted by Crippen LogP contribution is 2.23. The molecule has 0 aliphatic rings. The molecule has 2 aromatic heterocycles. The number of nitrogens with zero attached hydrogens (tertiary/aromatic N) is 3. The molecule has 7 nitrogen and oxygen atoms in total. The molecule has 0 unspecified atom stereocenters. The number of carbonyl (C=O) groups is 1. The van der Waals surface area contributed by atoms with Crippen molar-refractivity contribution in [3.8, 4) is 11.6 Å². The van der Waals surface area contributed by atoms with E-state index in [-0.39, 0.29) is 17.6 Å². The third kappa shape index (κ3) is 4.02. The number of hydrogen-bond donors (Lipinski definition) is 1. The average Bonchev–Trinajstić information content (AvgIpc) is 3.22. The minimum absolute atomic E-state index is 0.138. The fourth-order valence-corrected chi connectivity index (χ4v) is 2.55. The van der Waals surface area contributed by atoms with Gasteiger partial charge in [0.05, 0.1) is 5.75 Å². The Balaban J connectivity index is 1.53. The van der Waals surface area contributed by atoms with Crippen LogP contribution in [0.25, 0.3) is 11.6 Å². The van der Waals surface area contributed by atoms with E-state index in [4.69, 9.17) is 8.94 Å². The second kappa shape index (κ2) is 7.31. The van der Waals surface area contributed by atoms with E-state index in [1.54, 1.807) is 13.0 Å². The fourth-order valence-electron chi connectivity index (χ4n) is 1.99. The van der Waals surface area contributed by atoms with Crippen molar-refractivity contribution in [3.05, 3.63) is 41.7 Å². The van der Waals surface area contributed by atoms with Crippen LogP contribution < -0.4 is 5.32 Å². The summed E-state index contributed by atoms with van der Waals surface area (Å²) in [5.41, 5.74) is 2.47. The van der Waals surface area contributed by atoms with Gasteiger partial charge in [0.2, 0.25) is 5.91 Å². The number of thioether (sulfide) groups is 1. The van der Waals surface area contributed by atoms with Gasteiger partial charge in [0.15, 0.2) is 5.69 Å². The molecule has 0 saturated heterocycles. The summed E-state index contributed by atoms with van der Waals surface area (Å²) in [6.07, 6.45) is 0.967. The topological polar surface area (TPSA) is 94.1 Å². The van der Waals surface area contributed by atoms with E-state index in [0.717, 1.165) is 12.1 Å². The summed E-state index contributed by atoms with van der Waals surface area (Å²) in [6, 6.07) is 9.47. The normalized spacial score (nSPS) is 10.8. The van der Waals surface area contributed by atoms with Crippen molar-refractivity contribution in [1.29, 1.82) is 0 Å². The van der Waals surface area contributed by atoms with Crippen LogP contribution in [0.4, 0.5) is 5.69 Å². The average molecular weight is 344 g/mol. The molecule has 1 aromatic carbocycles. The zero-order valence-corrected chi connectivity index (χ0v) is 14.1. The van der Waals surface area contributed by atoms with Gasteiger partial charge in [0.1, 0.15) is 5.76 Å². The van der Waals surface area contributed by atoms with Crippen LogP contribution in [0.1, 0.15) is 18.2 Å². The summed E-state index contributed by atoms with van der Waals surface area (Å²) in [4.78, 5) is 12.0. The Hall–Kier alpha value is -2.61. The van der Waals surface area contributed by atoms with Crippen molar-refractivity contribution in [1.82, 2.24) is 15.4 Å². The number of benzene rings is 1. The summed E-state index contributed by atoms with van der Waals surface area (Å²) in [5, 5.41) is 14.7. The van der Waals surface area contributed by atoms with Crippen molar-refractivity contribution >= 4 is 23.4 Å². The smallest absolute Gasteiger partial charge is 0.277 e. The molecule has 0 saturated carbocycles. The van der Waals surface area contributed by atoms with Crippen LogP contribution in [0, 0.1) is 6.92 Å². The largest absolute Gasteiger partial charge is 0.409 e. The standard InChI is InChI=1S/C16H16N4O3S/c1-3-11-4-6-12(7-5-11)17-14(21)9-24-16-19-18-15(22-16)13-8-10(2)23-20-13/h4-8H,3,9H2,1-2H3,(H,17,21). The molecule has 0 fully saturated rings. The van der Waals surface area contributed by atoms with Crippen LogP contribution in [0.3, 0.4) is 0 Å². The van der Waals surface area contributed by atoms with Crippen LogP contribution in [0.15, 0.2) is 44.5 Å². The molecule has 2 heterocycles. The molecule has 0 radical (unpaired) electrons. The van der Waals surface area contributed by atoms with Crippen molar-refractivity contribution in [2.24, 2.45) is 0 Å². The first kappa shape index (κ1) is 16.3. The number of anilines is 1. The molecule has 1 amide bonds. The quantitative estimate of drug-likeness (QED) is 0.685. The van der Waals surface area contributed by atoms with Gasteiger partial charge in [0, 0.05) is 11.8 Å². The van der Waals surface area contributed by atoms with Gasteiger partial charge in [-0.2, -0.15) is 0 Å². The second-order valence-electron chi connectivity index (χ2n) is 5.08. The summed E-state index contributed by atoms with van der Waals surface area (Å²) >= 11 is 1.17. The summed E-state index contributed by atoms with van der Waals surface area (Å²) in [6.45, 7) is 3.86. The van der Waals surface area contributed by atoms with Crippen molar-refractivity contribution < 1.29 is 13.7 Å². The van der Waals surface area contributed by atoms with E-state index in [2.05, 4.69) is 27.6 Å². The first-order valence-corrected chi connectivity index (χ1v) is 8.41. The Kier molecular flexibility index (Phi) is 4.95. The zero-order valence-electron chi connectivity index (χ0n) is 13.3. The minimum Gasteiger partial charge on any atom is -0.409 e. The fraction of sp³-hybridized carbons (Fsp3) is 0.250. The Morgan fingerprint density at radius 1 is 1.25 bits per heavy atom. The first-order valence-electron chi connectivity index (χ1n) is 7.43. The number of aromatic nitrogens is 3. The molecule has 0 atom stereocenters. The third-order valence-corrected chi connectivity index (χ3v) is 4.04. The number of amides is 1. The van der Waals surface area contributed by atoms with Crippen LogP contribution in [0.5, 0.6) is 0 Å². The summed E-state index contributed by atoms with van der Waals surface area (Å²) in [7, 11) is 0. The van der Waals surface area contributed by atoms with Gasteiger partial charge in [-0.05, 0) is 31.0 Å². The molecule has 8 heteroatoms.